The summed E-state index contributed by atoms with van der Waals surface area (Å²) in [5.74, 6) is 0.0905. The van der Waals surface area contributed by atoms with Crippen LogP contribution in [0.15, 0.2) is 17.0 Å². The third-order valence-corrected chi connectivity index (χ3v) is 4.79. The van der Waals surface area contributed by atoms with Gasteiger partial charge < -0.3 is 19.3 Å². The van der Waals surface area contributed by atoms with Crippen molar-refractivity contribution in [1.29, 1.82) is 0 Å². The molecule has 1 saturated heterocycles. The summed E-state index contributed by atoms with van der Waals surface area (Å²) < 4.78 is 16.2. The largest absolute Gasteiger partial charge is 0.493 e. The van der Waals surface area contributed by atoms with Gasteiger partial charge in [0, 0.05) is 6.54 Å². The van der Waals surface area contributed by atoms with Gasteiger partial charge in [-0.15, -0.1) is 0 Å². The lowest BCUT2D eigenvalue weighted by molar-refractivity contribution is -0.137. The Balaban J connectivity index is 2.32. The molecule has 1 aliphatic rings. The number of carboxylic acids is 1. The van der Waals surface area contributed by atoms with Crippen molar-refractivity contribution < 1.29 is 28.9 Å². The lowest BCUT2D eigenvalue weighted by Gasteiger charge is -2.13. The van der Waals surface area contributed by atoms with Crippen LogP contribution in [0.2, 0.25) is 0 Å². The molecule has 1 heterocycles. The number of ether oxygens (including phenoxy) is 3. The van der Waals surface area contributed by atoms with E-state index in [4.69, 9.17) is 31.5 Å². The summed E-state index contributed by atoms with van der Waals surface area (Å²) in [6.45, 7) is 0.0482. The van der Waals surface area contributed by atoms with Crippen LogP contribution in [-0.4, -0.2) is 54.1 Å². The van der Waals surface area contributed by atoms with Crippen molar-refractivity contribution in [3.63, 3.8) is 0 Å². The van der Waals surface area contributed by atoms with E-state index in [9.17, 15) is 9.59 Å². The molecule has 0 unspecified atom stereocenters. The highest BCUT2D eigenvalue weighted by atomic mass is 32.2. The summed E-state index contributed by atoms with van der Waals surface area (Å²) in [5.41, 5.74) is 0.674. The molecule has 0 aliphatic carbocycles. The normalized spacial score (nSPS) is 15.6. The van der Waals surface area contributed by atoms with Gasteiger partial charge in [-0.05, 0) is 23.8 Å². The lowest BCUT2D eigenvalue weighted by Crippen LogP contribution is -2.30. The molecule has 0 radical (unpaired) electrons. The molecule has 0 spiro atoms. The first-order valence-electron chi connectivity index (χ1n) is 7.18. The van der Waals surface area contributed by atoms with E-state index in [2.05, 4.69) is 0 Å². The molecule has 1 aromatic rings. The number of rotatable bonds is 7. The van der Waals surface area contributed by atoms with Gasteiger partial charge in [-0.2, -0.15) is 0 Å². The molecule has 134 valence electrons. The molecule has 1 N–H and O–H groups in total. The van der Waals surface area contributed by atoms with Crippen LogP contribution in [0.4, 0.5) is 0 Å². The molecule has 1 amide bonds. The Morgan fingerprint density at radius 3 is 2.32 bits per heavy atom. The molecule has 0 aromatic heterocycles. The quantitative estimate of drug-likeness (QED) is 0.567. The third-order valence-electron chi connectivity index (χ3n) is 3.41. The summed E-state index contributed by atoms with van der Waals surface area (Å²) in [4.78, 5) is 24.8. The van der Waals surface area contributed by atoms with E-state index in [1.54, 1.807) is 18.2 Å². The monoisotopic (exact) mass is 383 g/mol. The maximum absolute atomic E-state index is 12.4. The maximum Gasteiger partial charge on any atom is 0.305 e. The minimum Gasteiger partial charge on any atom is -0.493 e. The summed E-state index contributed by atoms with van der Waals surface area (Å²) >= 11 is 6.29. The first kappa shape index (κ1) is 19.1. The van der Waals surface area contributed by atoms with Crippen molar-refractivity contribution >= 4 is 46.3 Å². The van der Waals surface area contributed by atoms with Crippen LogP contribution in [0.3, 0.4) is 0 Å². The van der Waals surface area contributed by atoms with Crippen molar-refractivity contribution in [1.82, 2.24) is 4.90 Å². The SMILES string of the molecule is COc1cc(/C=C2\SC(=S)N(CCC(=O)O)C2=O)cc(OC)c1OC. The predicted octanol–water partition coefficient (Wildman–Crippen LogP) is 2.39. The smallest absolute Gasteiger partial charge is 0.305 e. The van der Waals surface area contributed by atoms with Gasteiger partial charge in [0.05, 0.1) is 32.7 Å². The lowest BCUT2D eigenvalue weighted by atomic mass is 10.1. The number of carboxylic acid groups (broad SMARTS) is 1. The van der Waals surface area contributed by atoms with E-state index in [-0.39, 0.29) is 18.9 Å². The number of hydrogen-bond acceptors (Lipinski definition) is 7. The fraction of sp³-hybridized carbons (Fsp3) is 0.312. The van der Waals surface area contributed by atoms with E-state index < -0.39 is 5.97 Å². The number of nitrogens with zero attached hydrogens (tertiary/aromatic N) is 1. The number of carbonyl (C=O) groups is 2. The number of carbonyl (C=O) groups excluding carboxylic acids is 1. The van der Waals surface area contributed by atoms with Gasteiger partial charge in [-0.3, -0.25) is 14.5 Å². The number of amides is 1. The molecular weight excluding hydrogens is 366 g/mol. The minimum atomic E-state index is -0.984. The van der Waals surface area contributed by atoms with Crippen LogP contribution in [0.1, 0.15) is 12.0 Å². The van der Waals surface area contributed by atoms with Crippen molar-refractivity contribution in [3.8, 4) is 17.2 Å². The average molecular weight is 383 g/mol. The average Bonchev–Trinajstić information content (AvgIpc) is 2.85. The minimum absolute atomic E-state index is 0.0482. The van der Waals surface area contributed by atoms with Gasteiger partial charge in [0.15, 0.2) is 11.5 Å². The van der Waals surface area contributed by atoms with Crippen LogP contribution in [-0.2, 0) is 9.59 Å². The molecule has 25 heavy (non-hydrogen) atoms. The highest BCUT2D eigenvalue weighted by Crippen LogP contribution is 2.40. The number of aliphatic carboxylic acids is 1. The molecular formula is C16H17NO6S2. The highest BCUT2D eigenvalue weighted by Gasteiger charge is 2.32. The fourth-order valence-electron chi connectivity index (χ4n) is 2.24. The van der Waals surface area contributed by atoms with Crippen LogP contribution in [0.5, 0.6) is 17.2 Å². The predicted molar refractivity (Wildman–Crippen MR) is 98.2 cm³/mol. The van der Waals surface area contributed by atoms with Gasteiger partial charge in [0.25, 0.3) is 5.91 Å². The fourth-order valence-corrected chi connectivity index (χ4v) is 3.54. The Morgan fingerprint density at radius 1 is 1.24 bits per heavy atom. The first-order valence-corrected chi connectivity index (χ1v) is 8.41. The highest BCUT2D eigenvalue weighted by molar-refractivity contribution is 8.26. The summed E-state index contributed by atoms with van der Waals surface area (Å²) in [6.07, 6.45) is 1.49. The first-order chi connectivity index (χ1) is 11.9. The molecule has 9 heteroatoms. The number of thioether (sulfide) groups is 1. The molecule has 0 bridgehead atoms. The zero-order valence-electron chi connectivity index (χ0n) is 13.9. The second kappa shape index (κ2) is 8.21. The van der Waals surface area contributed by atoms with Gasteiger partial charge in [-0.1, -0.05) is 24.0 Å². The van der Waals surface area contributed by atoms with Gasteiger partial charge in [-0.25, -0.2) is 0 Å². The maximum atomic E-state index is 12.4. The van der Waals surface area contributed by atoms with E-state index in [0.717, 1.165) is 11.8 Å². The van der Waals surface area contributed by atoms with Gasteiger partial charge >= 0.3 is 5.97 Å². The molecule has 1 fully saturated rings. The number of methoxy groups -OCH3 is 3. The van der Waals surface area contributed by atoms with Crippen LogP contribution < -0.4 is 14.2 Å². The van der Waals surface area contributed by atoms with Crippen LogP contribution in [0, 0.1) is 0 Å². The molecule has 0 atom stereocenters. The Kier molecular flexibility index (Phi) is 6.27. The Labute approximate surface area is 154 Å². The van der Waals surface area contributed by atoms with E-state index >= 15 is 0 Å². The van der Waals surface area contributed by atoms with E-state index in [1.165, 1.54) is 26.2 Å². The Bertz CT molecular complexity index is 721. The zero-order chi connectivity index (χ0) is 18.6. The van der Waals surface area contributed by atoms with Crippen molar-refractivity contribution in [2.24, 2.45) is 0 Å². The Morgan fingerprint density at radius 2 is 1.84 bits per heavy atom. The summed E-state index contributed by atoms with van der Waals surface area (Å²) in [6, 6.07) is 3.43. The van der Waals surface area contributed by atoms with Crippen molar-refractivity contribution in [3.05, 3.63) is 22.6 Å². The standard InChI is InChI=1S/C16H17NO6S2/c1-21-10-6-9(7-11(22-2)14(10)23-3)8-12-15(20)17(16(24)25-12)5-4-13(18)19/h6-8H,4-5H2,1-3H3,(H,18,19)/b12-8-. The van der Waals surface area contributed by atoms with Crippen molar-refractivity contribution in [2.75, 3.05) is 27.9 Å². The van der Waals surface area contributed by atoms with Gasteiger partial charge in [0.2, 0.25) is 5.75 Å². The topological polar surface area (TPSA) is 85.3 Å². The summed E-state index contributed by atoms with van der Waals surface area (Å²) in [7, 11) is 4.52. The van der Waals surface area contributed by atoms with E-state index in [1.807, 2.05) is 0 Å². The van der Waals surface area contributed by atoms with Crippen LogP contribution >= 0.6 is 24.0 Å². The van der Waals surface area contributed by atoms with Crippen LogP contribution in [0.25, 0.3) is 6.08 Å². The molecule has 2 rings (SSSR count). The third kappa shape index (κ3) is 4.23. The van der Waals surface area contributed by atoms with Gasteiger partial charge in [0.1, 0.15) is 4.32 Å². The van der Waals surface area contributed by atoms with Crippen molar-refractivity contribution in [2.45, 2.75) is 6.42 Å². The number of hydrogen-bond donors (Lipinski definition) is 1. The zero-order valence-corrected chi connectivity index (χ0v) is 15.5. The number of benzene rings is 1. The second-order valence-corrected chi connectivity index (χ2v) is 6.61. The second-order valence-electron chi connectivity index (χ2n) is 4.94. The molecule has 1 aliphatic heterocycles. The van der Waals surface area contributed by atoms with E-state index in [0.29, 0.717) is 32.0 Å². The molecule has 0 saturated carbocycles. The molecule has 7 nitrogen and oxygen atoms in total. The summed E-state index contributed by atoms with van der Waals surface area (Å²) in [5, 5.41) is 8.77. The number of thiocarbonyl (C=S) groups is 1. The molecule has 1 aromatic carbocycles. The Hall–Kier alpha value is -2.26.